The van der Waals surface area contributed by atoms with E-state index in [-0.39, 0.29) is 36.0 Å². The van der Waals surface area contributed by atoms with Crippen molar-refractivity contribution >= 4 is 11.8 Å². The summed E-state index contributed by atoms with van der Waals surface area (Å²) in [4.78, 5) is 32.2. The third-order valence-corrected chi connectivity index (χ3v) is 7.45. The Bertz CT molecular complexity index is 589. The first-order chi connectivity index (χ1) is 14.0. The van der Waals surface area contributed by atoms with Crippen LogP contribution in [0.5, 0.6) is 0 Å². The van der Waals surface area contributed by atoms with Crippen LogP contribution in [0.1, 0.15) is 44.9 Å². The Labute approximate surface area is 173 Å². The van der Waals surface area contributed by atoms with Crippen molar-refractivity contribution in [3.63, 3.8) is 0 Å². The molecule has 4 aliphatic heterocycles. The minimum absolute atomic E-state index is 0.0904. The zero-order chi connectivity index (χ0) is 20.4. The lowest BCUT2D eigenvalue weighted by Gasteiger charge is -2.37. The van der Waals surface area contributed by atoms with Crippen molar-refractivity contribution in [3.8, 4) is 0 Å². The molecule has 0 unspecified atom stereocenters. The molecule has 4 rings (SSSR count). The average Bonchev–Trinajstić information content (AvgIpc) is 3.15. The molecule has 0 radical (unpaired) electrons. The molecule has 4 aliphatic rings. The van der Waals surface area contributed by atoms with Crippen molar-refractivity contribution in [2.75, 3.05) is 46.4 Å². The van der Waals surface area contributed by atoms with E-state index in [1.54, 1.807) is 0 Å². The first-order valence-electron chi connectivity index (χ1n) is 11.3. The summed E-state index contributed by atoms with van der Waals surface area (Å²) in [5, 5.41) is 12.8. The lowest BCUT2D eigenvalue weighted by atomic mass is 10.0. The van der Waals surface area contributed by atoms with Crippen LogP contribution in [0.15, 0.2) is 0 Å². The summed E-state index contributed by atoms with van der Waals surface area (Å²) in [7, 11) is 2.12. The van der Waals surface area contributed by atoms with Gasteiger partial charge in [-0.05, 0) is 45.6 Å². The quantitative estimate of drug-likeness (QED) is 0.670. The van der Waals surface area contributed by atoms with E-state index in [0.29, 0.717) is 44.9 Å². The lowest BCUT2D eigenvalue weighted by molar-refractivity contribution is -0.133. The van der Waals surface area contributed by atoms with Gasteiger partial charge in [0.1, 0.15) is 6.04 Å². The third kappa shape index (κ3) is 4.60. The van der Waals surface area contributed by atoms with Gasteiger partial charge >= 0.3 is 0 Å². The number of piperidine rings is 1. The SMILES string of the molecule is CN1[C@@H](CCC(=O)N2CCC(O)CC2)CNC(=O)[C@@H]2[C@H]1CCN2C1CCOCC1. The summed E-state index contributed by atoms with van der Waals surface area (Å²) >= 11 is 0. The number of fused-ring (bicyclic) bond motifs is 1. The molecular weight excluding hydrogens is 372 g/mol. The normalized spacial score (nSPS) is 33.4. The molecule has 4 saturated heterocycles. The molecule has 0 bridgehead atoms. The van der Waals surface area contributed by atoms with E-state index >= 15 is 0 Å². The first kappa shape index (κ1) is 21.0. The maximum atomic E-state index is 12.9. The van der Waals surface area contributed by atoms with E-state index in [1.807, 2.05) is 4.90 Å². The lowest BCUT2D eigenvalue weighted by Crippen LogP contribution is -2.53. The Morgan fingerprint density at radius 3 is 2.59 bits per heavy atom. The number of rotatable bonds is 4. The fourth-order valence-electron chi connectivity index (χ4n) is 5.58. The molecule has 8 heteroatoms. The van der Waals surface area contributed by atoms with Gasteiger partial charge < -0.3 is 20.1 Å². The third-order valence-electron chi connectivity index (χ3n) is 7.45. The minimum Gasteiger partial charge on any atom is -0.393 e. The monoisotopic (exact) mass is 408 g/mol. The van der Waals surface area contributed by atoms with Crippen molar-refractivity contribution in [3.05, 3.63) is 0 Å². The number of likely N-dealkylation sites (N-methyl/N-ethyl adjacent to an activating group) is 1. The van der Waals surface area contributed by atoms with Crippen molar-refractivity contribution in [2.24, 2.45) is 0 Å². The summed E-state index contributed by atoms with van der Waals surface area (Å²) in [6, 6.07) is 0.742. The largest absolute Gasteiger partial charge is 0.393 e. The fraction of sp³-hybridized carbons (Fsp3) is 0.905. The highest BCUT2D eigenvalue weighted by atomic mass is 16.5. The number of aliphatic hydroxyl groups excluding tert-OH is 1. The molecule has 0 aromatic rings. The number of carbonyl (C=O) groups is 2. The van der Waals surface area contributed by atoms with Gasteiger partial charge in [-0.1, -0.05) is 0 Å². The molecule has 0 aromatic heterocycles. The second kappa shape index (κ2) is 9.29. The van der Waals surface area contributed by atoms with Gasteiger partial charge in [-0.25, -0.2) is 0 Å². The zero-order valence-electron chi connectivity index (χ0n) is 17.6. The van der Waals surface area contributed by atoms with Crippen LogP contribution in [0.4, 0.5) is 0 Å². The molecule has 2 amide bonds. The summed E-state index contributed by atoms with van der Waals surface area (Å²) in [6.45, 7) is 4.45. The number of nitrogens with zero attached hydrogens (tertiary/aromatic N) is 3. The summed E-state index contributed by atoms with van der Waals surface area (Å²) in [5.41, 5.74) is 0. The molecule has 0 aromatic carbocycles. The van der Waals surface area contributed by atoms with Crippen molar-refractivity contribution < 1.29 is 19.4 Å². The van der Waals surface area contributed by atoms with E-state index in [9.17, 15) is 14.7 Å². The van der Waals surface area contributed by atoms with Gasteiger partial charge in [0.15, 0.2) is 0 Å². The number of hydrogen-bond acceptors (Lipinski definition) is 6. The van der Waals surface area contributed by atoms with E-state index in [2.05, 4.69) is 22.2 Å². The Morgan fingerprint density at radius 1 is 1.14 bits per heavy atom. The zero-order valence-corrected chi connectivity index (χ0v) is 17.6. The number of likely N-dealkylation sites (tertiary alicyclic amines) is 2. The molecule has 0 spiro atoms. The predicted molar refractivity (Wildman–Crippen MR) is 108 cm³/mol. The molecule has 164 valence electrons. The fourth-order valence-corrected chi connectivity index (χ4v) is 5.58. The second-order valence-electron chi connectivity index (χ2n) is 9.10. The Morgan fingerprint density at radius 2 is 1.86 bits per heavy atom. The minimum atomic E-state index is -0.264. The molecule has 4 fully saturated rings. The number of hydrogen-bond donors (Lipinski definition) is 2. The molecule has 0 saturated carbocycles. The van der Waals surface area contributed by atoms with Crippen LogP contribution in [-0.4, -0.2) is 108 Å². The highest BCUT2D eigenvalue weighted by molar-refractivity contribution is 5.83. The van der Waals surface area contributed by atoms with Gasteiger partial charge in [0.2, 0.25) is 11.8 Å². The van der Waals surface area contributed by atoms with Crippen LogP contribution >= 0.6 is 0 Å². The number of ether oxygens (including phenoxy) is 1. The van der Waals surface area contributed by atoms with Crippen LogP contribution in [0.25, 0.3) is 0 Å². The van der Waals surface area contributed by atoms with E-state index in [0.717, 1.165) is 45.4 Å². The highest BCUT2D eigenvalue weighted by Crippen LogP contribution is 2.31. The number of amides is 2. The first-order valence-corrected chi connectivity index (χ1v) is 11.3. The van der Waals surface area contributed by atoms with E-state index < -0.39 is 0 Å². The smallest absolute Gasteiger partial charge is 0.239 e. The van der Waals surface area contributed by atoms with E-state index in [4.69, 9.17) is 4.74 Å². The number of carbonyl (C=O) groups excluding carboxylic acids is 2. The Kier molecular flexibility index (Phi) is 6.73. The van der Waals surface area contributed by atoms with Crippen molar-refractivity contribution in [1.82, 2.24) is 20.0 Å². The number of aliphatic hydroxyl groups is 1. The summed E-state index contributed by atoms with van der Waals surface area (Å²) < 4.78 is 5.51. The molecule has 8 nitrogen and oxygen atoms in total. The Hall–Kier alpha value is -1.22. The standard InChI is InChI=1S/C21H36N4O4/c1-23-16(2-3-19(27)24-9-4-17(26)5-10-24)14-22-21(28)20-18(23)6-11-25(20)15-7-12-29-13-8-15/h15-18,20,26H,2-14H2,1H3,(H,22,28)/t16-,18+,20-/m0/s1. The van der Waals surface area contributed by atoms with Gasteiger partial charge in [0.05, 0.1) is 6.10 Å². The molecule has 4 heterocycles. The van der Waals surface area contributed by atoms with Gasteiger partial charge in [-0.15, -0.1) is 0 Å². The highest BCUT2D eigenvalue weighted by Gasteiger charge is 2.47. The maximum absolute atomic E-state index is 12.9. The van der Waals surface area contributed by atoms with Crippen molar-refractivity contribution in [2.45, 2.75) is 75.2 Å². The van der Waals surface area contributed by atoms with E-state index in [1.165, 1.54) is 0 Å². The number of nitrogens with one attached hydrogen (secondary N) is 1. The van der Waals surface area contributed by atoms with Crippen LogP contribution < -0.4 is 5.32 Å². The van der Waals surface area contributed by atoms with Gasteiger partial charge in [-0.2, -0.15) is 0 Å². The molecule has 0 aliphatic carbocycles. The summed E-state index contributed by atoms with van der Waals surface area (Å²) in [5.74, 6) is 0.317. The van der Waals surface area contributed by atoms with Crippen LogP contribution in [0.3, 0.4) is 0 Å². The summed E-state index contributed by atoms with van der Waals surface area (Å²) in [6.07, 6.45) is 5.36. The molecule has 3 atom stereocenters. The second-order valence-corrected chi connectivity index (χ2v) is 9.10. The van der Waals surface area contributed by atoms with Crippen LogP contribution in [-0.2, 0) is 14.3 Å². The molecule has 29 heavy (non-hydrogen) atoms. The van der Waals surface area contributed by atoms with Crippen molar-refractivity contribution in [1.29, 1.82) is 0 Å². The molecular formula is C21H36N4O4. The Balaban J connectivity index is 1.35. The van der Waals surface area contributed by atoms with Gasteiger partial charge in [0, 0.05) is 63.9 Å². The van der Waals surface area contributed by atoms with Gasteiger partial charge in [0.25, 0.3) is 0 Å². The topological polar surface area (TPSA) is 85.3 Å². The van der Waals surface area contributed by atoms with Gasteiger partial charge in [-0.3, -0.25) is 19.4 Å². The maximum Gasteiger partial charge on any atom is 0.239 e. The predicted octanol–water partition coefficient (Wildman–Crippen LogP) is -0.198. The molecule has 2 N–H and O–H groups in total. The van der Waals surface area contributed by atoms with Crippen LogP contribution in [0.2, 0.25) is 0 Å². The average molecular weight is 409 g/mol. The van der Waals surface area contributed by atoms with Crippen LogP contribution in [0, 0.1) is 0 Å².